The van der Waals surface area contributed by atoms with Crippen molar-refractivity contribution < 1.29 is 9.50 Å². The van der Waals surface area contributed by atoms with E-state index in [4.69, 9.17) is 0 Å². The van der Waals surface area contributed by atoms with Crippen LogP contribution in [0.5, 0.6) is 0 Å². The molecular formula is C4H6FO. The van der Waals surface area contributed by atoms with Crippen molar-refractivity contribution in [2.45, 2.75) is 6.17 Å². The third-order valence-electron chi connectivity index (χ3n) is 0.415. The molecule has 35 valence electrons. The Kier molecular flexibility index (Phi) is 2.67. The summed E-state index contributed by atoms with van der Waals surface area (Å²) >= 11 is 0. The number of hydrogen-bond donors (Lipinski definition) is 0. The average Bonchev–Trinajstić information content (AvgIpc) is 1.65. The predicted molar refractivity (Wildman–Crippen MR) is 20.6 cm³/mol. The molecule has 0 heterocycles. The summed E-state index contributed by atoms with van der Waals surface area (Å²) in [6.45, 7) is 2.35. The summed E-state index contributed by atoms with van der Waals surface area (Å²) in [5.41, 5.74) is 0. The maximum Gasteiger partial charge on any atom is 0.144 e. The molecular weight excluding hydrogens is 83.0 g/mol. The van der Waals surface area contributed by atoms with Gasteiger partial charge in [0.25, 0.3) is 0 Å². The Morgan fingerprint density at radius 3 is 2.50 bits per heavy atom. The minimum absolute atomic E-state index is 0.705. The summed E-state index contributed by atoms with van der Waals surface area (Å²) in [5, 5.41) is 9.41. The van der Waals surface area contributed by atoms with Crippen molar-refractivity contribution >= 4 is 0 Å². The molecule has 0 N–H and O–H groups in total. The molecule has 0 aliphatic rings. The van der Waals surface area contributed by atoms with E-state index in [0.717, 1.165) is 6.08 Å². The highest BCUT2D eigenvalue weighted by Crippen LogP contribution is 1.85. The standard InChI is InChI=1S/C4H6FO/c1-2-4(5)3-6/h2,4H,1,3H2. The molecule has 0 bridgehead atoms. The molecule has 1 nitrogen and oxygen atoms in total. The van der Waals surface area contributed by atoms with Crippen molar-refractivity contribution in [2.75, 3.05) is 6.61 Å². The summed E-state index contributed by atoms with van der Waals surface area (Å²) in [7, 11) is 0. The first-order valence-corrected chi connectivity index (χ1v) is 1.66. The van der Waals surface area contributed by atoms with Crippen molar-refractivity contribution in [3.63, 3.8) is 0 Å². The quantitative estimate of drug-likeness (QED) is 0.449. The summed E-state index contributed by atoms with van der Waals surface area (Å²) in [6, 6.07) is 0. The van der Waals surface area contributed by atoms with Crippen LogP contribution in [0.1, 0.15) is 0 Å². The minimum atomic E-state index is -1.36. The van der Waals surface area contributed by atoms with Gasteiger partial charge in [-0.05, 0) is 0 Å². The van der Waals surface area contributed by atoms with Crippen molar-refractivity contribution in [1.29, 1.82) is 0 Å². The van der Waals surface area contributed by atoms with Gasteiger partial charge < -0.3 is 0 Å². The lowest BCUT2D eigenvalue weighted by Gasteiger charge is -1.86. The van der Waals surface area contributed by atoms with Crippen LogP contribution >= 0.6 is 0 Å². The first kappa shape index (κ1) is 5.63. The highest BCUT2D eigenvalue weighted by molar-refractivity contribution is 4.76. The second-order valence-electron chi connectivity index (χ2n) is 0.918. The minimum Gasteiger partial charge on any atom is -0.240 e. The van der Waals surface area contributed by atoms with Gasteiger partial charge in [-0.15, -0.1) is 6.58 Å². The van der Waals surface area contributed by atoms with Crippen LogP contribution in [0.15, 0.2) is 12.7 Å². The average molecular weight is 89.1 g/mol. The lowest BCUT2D eigenvalue weighted by Crippen LogP contribution is -1.97. The predicted octanol–water partition coefficient (Wildman–Crippen LogP) is 0.941. The van der Waals surface area contributed by atoms with E-state index in [2.05, 4.69) is 6.58 Å². The topological polar surface area (TPSA) is 19.9 Å². The lowest BCUT2D eigenvalue weighted by atomic mass is 10.4. The fourth-order valence-electron chi connectivity index (χ4n) is 0.0680. The van der Waals surface area contributed by atoms with E-state index in [0.29, 0.717) is 0 Å². The monoisotopic (exact) mass is 89.0 g/mol. The number of halogens is 1. The van der Waals surface area contributed by atoms with Gasteiger partial charge in [-0.1, -0.05) is 6.08 Å². The summed E-state index contributed by atoms with van der Waals surface area (Å²) in [6.07, 6.45) is -0.363. The van der Waals surface area contributed by atoms with Gasteiger partial charge in [-0.3, -0.25) is 0 Å². The third kappa shape index (κ3) is 1.91. The molecule has 1 unspecified atom stereocenters. The first-order valence-electron chi connectivity index (χ1n) is 1.66. The van der Waals surface area contributed by atoms with Crippen LogP contribution in [0.3, 0.4) is 0 Å². The lowest BCUT2D eigenvalue weighted by molar-refractivity contribution is 0.137. The molecule has 0 saturated carbocycles. The second kappa shape index (κ2) is 2.85. The van der Waals surface area contributed by atoms with Crippen molar-refractivity contribution in [3.8, 4) is 0 Å². The van der Waals surface area contributed by atoms with Crippen molar-refractivity contribution in [1.82, 2.24) is 0 Å². The molecule has 0 saturated heterocycles. The molecule has 2 heteroatoms. The fourth-order valence-corrected chi connectivity index (χ4v) is 0.0680. The van der Waals surface area contributed by atoms with Gasteiger partial charge >= 0.3 is 0 Å². The molecule has 0 rings (SSSR count). The van der Waals surface area contributed by atoms with Crippen LogP contribution in [0.2, 0.25) is 0 Å². The maximum atomic E-state index is 11.4. The Balaban J connectivity index is 2.96. The maximum absolute atomic E-state index is 11.4. The van der Waals surface area contributed by atoms with E-state index in [1.807, 2.05) is 0 Å². The molecule has 6 heavy (non-hydrogen) atoms. The van der Waals surface area contributed by atoms with Crippen LogP contribution in [0.4, 0.5) is 4.39 Å². The SMILES string of the molecule is C=CC(F)C[O]. The van der Waals surface area contributed by atoms with Crippen LogP contribution in [-0.2, 0) is 5.11 Å². The number of rotatable bonds is 2. The van der Waals surface area contributed by atoms with E-state index in [9.17, 15) is 9.50 Å². The second-order valence-corrected chi connectivity index (χ2v) is 0.918. The van der Waals surface area contributed by atoms with Gasteiger partial charge in [-0.2, -0.15) is 0 Å². The van der Waals surface area contributed by atoms with E-state index in [1.165, 1.54) is 0 Å². The first-order chi connectivity index (χ1) is 2.81. The molecule has 0 aromatic rings. The molecule has 1 radical (unpaired) electrons. The molecule has 1 atom stereocenters. The molecule has 0 aromatic carbocycles. The van der Waals surface area contributed by atoms with Crippen molar-refractivity contribution in [2.24, 2.45) is 0 Å². The van der Waals surface area contributed by atoms with Crippen LogP contribution < -0.4 is 0 Å². The van der Waals surface area contributed by atoms with Crippen LogP contribution in [0, 0.1) is 0 Å². The number of hydrogen-bond acceptors (Lipinski definition) is 0. The van der Waals surface area contributed by atoms with E-state index in [-0.39, 0.29) is 0 Å². The van der Waals surface area contributed by atoms with Gasteiger partial charge in [0.2, 0.25) is 0 Å². The van der Waals surface area contributed by atoms with Gasteiger partial charge in [-0.25, -0.2) is 9.50 Å². The molecule has 0 aliphatic carbocycles. The zero-order chi connectivity index (χ0) is 4.99. The molecule has 0 fully saturated rings. The Labute approximate surface area is 36.1 Å². The highest BCUT2D eigenvalue weighted by Gasteiger charge is 1.93. The smallest absolute Gasteiger partial charge is 0.144 e. The molecule has 0 aliphatic heterocycles. The Bertz CT molecular complexity index is 44.8. The summed E-state index contributed by atoms with van der Waals surface area (Å²) < 4.78 is 11.4. The van der Waals surface area contributed by atoms with Gasteiger partial charge in [0, 0.05) is 0 Å². The summed E-state index contributed by atoms with van der Waals surface area (Å²) in [5.74, 6) is 0. The van der Waals surface area contributed by atoms with Crippen LogP contribution in [0.25, 0.3) is 0 Å². The number of alkyl halides is 1. The molecule has 0 aromatic heterocycles. The van der Waals surface area contributed by atoms with Crippen LogP contribution in [-0.4, -0.2) is 12.8 Å². The highest BCUT2D eigenvalue weighted by atomic mass is 19.1. The normalized spacial score (nSPS) is 13.7. The fraction of sp³-hybridized carbons (Fsp3) is 0.500. The van der Waals surface area contributed by atoms with E-state index in [1.54, 1.807) is 0 Å². The van der Waals surface area contributed by atoms with Crippen molar-refractivity contribution in [3.05, 3.63) is 12.7 Å². The van der Waals surface area contributed by atoms with E-state index >= 15 is 0 Å². The Morgan fingerprint density at radius 1 is 2.00 bits per heavy atom. The zero-order valence-corrected chi connectivity index (χ0v) is 3.36. The summed E-state index contributed by atoms with van der Waals surface area (Å²) in [4.78, 5) is 0. The van der Waals surface area contributed by atoms with Gasteiger partial charge in [0.05, 0.1) is 0 Å². The Morgan fingerprint density at radius 2 is 2.50 bits per heavy atom. The van der Waals surface area contributed by atoms with E-state index < -0.39 is 12.8 Å². The molecule has 0 spiro atoms. The third-order valence-corrected chi connectivity index (χ3v) is 0.415. The Hall–Kier alpha value is -0.370. The molecule has 0 amide bonds. The van der Waals surface area contributed by atoms with Gasteiger partial charge in [0.1, 0.15) is 12.8 Å². The zero-order valence-electron chi connectivity index (χ0n) is 3.36. The van der Waals surface area contributed by atoms with Gasteiger partial charge in [0.15, 0.2) is 0 Å². The largest absolute Gasteiger partial charge is 0.240 e.